The van der Waals surface area contributed by atoms with E-state index < -0.39 is 10.0 Å². The third-order valence-corrected chi connectivity index (χ3v) is 3.79. The molecule has 0 aromatic carbocycles. The van der Waals surface area contributed by atoms with E-state index in [1.165, 1.54) is 17.7 Å². The van der Waals surface area contributed by atoms with Crippen molar-refractivity contribution in [3.63, 3.8) is 0 Å². The number of methoxy groups -OCH3 is 1. The number of carbonyl (C=O) groups is 1. The normalized spacial score (nSPS) is 13.7. The van der Waals surface area contributed by atoms with Gasteiger partial charge in [0.2, 0.25) is 10.0 Å². The minimum Gasteiger partial charge on any atom is -0.468 e. The van der Waals surface area contributed by atoms with Crippen LogP contribution in [0.25, 0.3) is 0 Å². The van der Waals surface area contributed by atoms with Gasteiger partial charge in [0, 0.05) is 13.1 Å². The lowest BCUT2D eigenvalue weighted by atomic mass is 10.3. The molecule has 0 aliphatic carbocycles. The average molecular weight is 266 g/mol. The lowest BCUT2D eigenvalue weighted by molar-refractivity contribution is -0.142. The highest BCUT2D eigenvalue weighted by atomic mass is 32.2. The van der Waals surface area contributed by atoms with E-state index in [9.17, 15) is 13.2 Å². The van der Waals surface area contributed by atoms with Crippen molar-refractivity contribution in [2.45, 2.75) is 26.3 Å². The van der Waals surface area contributed by atoms with E-state index in [2.05, 4.69) is 10.1 Å². The highest BCUT2D eigenvalue weighted by Crippen LogP contribution is 1.98. The Kier molecular flexibility index (Phi) is 7.33. The van der Waals surface area contributed by atoms with Gasteiger partial charge in [-0.15, -0.1) is 0 Å². The highest BCUT2D eigenvalue weighted by Gasteiger charge is 2.14. The van der Waals surface area contributed by atoms with Crippen molar-refractivity contribution in [2.75, 3.05) is 33.0 Å². The Hall–Kier alpha value is -0.660. The topological polar surface area (TPSA) is 75.7 Å². The van der Waals surface area contributed by atoms with Crippen molar-refractivity contribution in [1.29, 1.82) is 0 Å². The standard InChI is InChI=1S/C10H22N2O4S/c1-5-12(17(4,14)15)8-6-7-11-9(2)10(13)16-3/h9,11H,5-8H2,1-4H3. The van der Waals surface area contributed by atoms with E-state index >= 15 is 0 Å². The monoisotopic (exact) mass is 266 g/mol. The number of hydrogen-bond acceptors (Lipinski definition) is 5. The van der Waals surface area contributed by atoms with Gasteiger partial charge in [-0.25, -0.2) is 12.7 Å². The molecule has 0 aromatic heterocycles. The molecule has 0 aliphatic rings. The van der Waals surface area contributed by atoms with Crippen LogP contribution in [0, 0.1) is 0 Å². The summed E-state index contributed by atoms with van der Waals surface area (Å²) in [5, 5.41) is 2.97. The Labute approximate surface area is 103 Å². The summed E-state index contributed by atoms with van der Waals surface area (Å²) in [5.74, 6) is -0.319. The number of carbonyl (C=O) groups excluding carboxylic acids is 1. The number of nitrogens with one attached hydrogen (secondary N) is 1. The maximum Gasteiger partial charge on any atom is 0.322 e. The predicted molar refractivity (Wildman–Crippen MR) is 66.2 cm³/mol. The molecule has 6 nitrogen and oxygen atoms in total. The lowest BCUT2D eigenvalue weighted by Gasteiger charge is -2.18. The molecule has 0 aliphatic heterocycles. The maximum atomic E-state index is 11.3. The van der Waals surface area contributed by atoms with E-state index in [0.717, 1.165) is 0 Å². The van der Waals surface area contributed by atoms with Crippen LogP contribution in [0.15, 0.2) is 0 Å². The number of nitrogens with zero attached hydrogens (tertiary/aromatic N) is 1. The molecule has 0 heterocycles. The molecule has 102 valence electrons. The highest BCUT2D eigenvalue weighted by molar-refractivity contribution is 7.88. The van der Waals surface area contributed by atoms with Crippen molar-refractivity contribution in [3.05, 3.63) is 0 Å². The van der Waals surface area contributed by atoms with Crippen molar-refractivity contribution < 1.29 is 17.9 Å². The quantitative estimate of drug-likeness (QED) is 0.487. The van der Waals surface area contributed by atoms with Crippen LogP contribution in [0.1, 0.15) is 20.3 Å². The fourth-order valence-corrected chi connectivity index (χ4v) is 2.32. The van der Waals surface area contributed by atoms with Gasteiger partial charge in [0.25, 0.3) is 0 Å². The summed E-state index contributed by atoms with van der Waals surface area (Å²) in [6.07, 6.45) is 1.85. The number of esters is 1. The van der Waals surface area contributed by atoms with Gasteiger partial charge in [-0.05, 0) is 19.9 Å². The van der Waals surface area contributed by atoms with Crippen LogP contribution in [-0.4, -0.2) is 57.7 Å². The van der Waals surface area contributed by atoms with Crippen LogP contribution >= 0.6 is 0 Å². The van der Waals surface area contributed by atoms with E-state index in [1.54, 1.807) is 13.8 Å². The molecule has 17 heavy (non-hydrogen) atoms. The van der Waals surface area contributed by atoms with Gasteiger partial charge in [0.05, 0.1) is 13.4 Å². The molecule has 0 spiro atoms. The maximum absolute atomic E-state index is 11.3. The Bertz CT molecular complexity index is 329. The first kappa shape index (κ1) is 16.3. The molecular formula is C10H22N2O4S. The Morgan fingerprint density at radius 3 is 2.47 bits per heavy atom. The molecule has 1 atom stereocenters. The molecule has 0 fully saturated rings. The second-order valence-electron chi connectivity index (χ2n) is 3.81. The largest absolute Gasteiger partial charge is 0.468 e. The summed E-state index contributed by atoms with van der Waals surface area (Å²) in [7, 11) is -1.79. The van der Waals surface area contributed by atoms with Crippen LogP contribution in [0.5, 0.6) is 0 Å². The predicted octanol–water partition coefficient (Wildman–Crippen LogP) is -0.191. The van der Waals surface area contributed by atoms with Gasteiger partial charge in [-0.3, -0.25) is 4.79 Å². The van der Waals surface area contributed by atoms with E-state index in [4.69, 9.17) is 0 Å². The lowest BCUT2D eigenvalue weighted by Crippen LogP contribution is -2.37. The SMILES string of the molecule is CCN(CCCNC(C)C(=O)OC)S(C)(=O)=O. The third kappa shape index (κ3) is 6.60. The molecule has 0 aromatic rings. The van der Waals surface area contributed by atoms with Gasteiger partial charge in [-0.2, -0.15) is 0 Å². The van der Waals surface area contributed by atoms with Crippen molar-refractivity contribution in [1.82, 2.24) is 9.62 Å². The fourth-order valence-electron chi connectivity index (χ4n) is 1.39. The zero-order chi connectivity index (χ0) is 13.5. The van der Waals surface area contributed by atoms with Gasteiger partial charge < -0.3 is 10.1 Å². The molecule has 0 rings (SSSR count). The molecule has 0 saturated heterocycles. The van der Waals surface area contributed by atoms with E-state index in [-0.39, 0.29) is 12.0 Å². The average Bonchev–Trinajstić information content (AvgIpc) is 2.25. The van der Waals surface area contributed by atoms with E-state index in [1.807, 2.05) is 0 Å². The molecule has 0 radical (unpaired) electrons. The molecule has 0 amide bonds. The zero-order valence-electron chi connectivity index (χ0n) is 10.9. The first-order chi connectivity index (χ1) is 7.82. The Morgan fingerprint density at radius 1 is 1.47 bits per heavy atom. The van der Waals surface area contributed by atoms with Crippen molar-refractivity contribution in [2.24, 2.45) is 0 Å². The first-order valence-corrected chi connectivity index (χ1v) is 7.44. The molecule has 1 unspecified atom stereocenters. The van der Waals surface area contributed by atoms with Crippen molar-refractivity contribution in [3.8, 4) is 0 Å². The molecule has 0 bridgehead atoms. The van der Waals surface area contributed by atoms with Crippen LogP contribution in [0.3, 0.4) is 0 Å². The second-order valence-corrected chi connectivity index (χ2v) is 5.79. The fraction of sp³-hybridized carbons (Fsp3) is 0.900. The summed E-state index contributed by atoms with van der Waals surface area (Å²) in [6, 6.07) is -0.367. The summed E-state index contributed by atoms with van der Waals surface area (Å²) in [4.78, 5) is 11.1. The minimum absolute atomic E-state index is 0.319. The number of ether oxygens (including phenoxy) is 1. The zero-order valence-corrected chi connectivity index (χ0v) is 11.7. The number of rotatable bonds is 8. The van der Waals surface area contributed by atoms with Crippen LogP contribution in [-0.2, 0) is 19.6 Å². The number of sulfonamides is 1. The van der Waals surface area contributed by atoms with Gasteiger partial charge >= 0.3 is 5.97 Å². The Morgan fingerprint density at radius 2 is 2.06 bits per heavy atom. The van der Waals surface area contributed by atoms with Crippen LogP contribution in [0.2, 0.25) is 0 Å². The van der Waals surface area contributed by atoms with Crippen LogP contribution in [0.4, 0.5) is 0 Å². The molecule has 7 heteroatoms. The summed E-state index contributed by atoms with van der Waals surface area (Å²) in [5.41, 5.74) is 0. The summed E-state index contributed by atoms with van der Waals surface area (Å²) < 4.78 is 28.5. The second kappa shape index (κ2) is 7.62. The minimum atomic E-state index is -3.12. The van der Waals surface area contributed by atoms with Crippen molar-refractivity contribution >= 4 is 16.0 Å². The number of hydrogen-bond donors (Lipinski definition) is 1. The summed E-state index contributed by atoms with van der Waals surface area (Å²) in [6.45, 7) is 5.00. The van der Waals surface area contributed by atoms with Gasteiger partial charge in [0.15, 0.2) is 0 Å². The van der Waals surface area contributed by atoms with Gasteiger partial charge in [0.1, 0.15) is 6.04 Å². The molecule has 0 saturated carbocycles. The smallest absolute Gasteiger partial charge is 0.322 e. The Balaban J connectivity index is 3.88. The van der Waals surface area contributed by atoms with Crippen LogP contribution < -0.4 is 5.32 Å². The molecular weight excluding hydrogens is 244 g/mol. The first-order valence-electron chi connectivity index (χ1n) is 5.59. The van der Waals surface area contributed by atoms with E-state index in [0.29, 0.717) is 26.1 Å². The third-order valence-electron chi connectivity index (χ3n) is 2.41. The summed E-state index contributed by atoms with van der Waals surface area (Å²) >= 11 is 0. The van der Waals surface area contributed by atoms with Gasteiger partial charge in [-0.1, -0.05) is 6.92 Å². The molecule has 1 N–H and O–H groups in total.